The number of hydrogen-bond acceptors (Lipinski definition) is 1. The van der Waals surface area contributed by atoms with Crippen LogP contribution in [0.5, 0.6) is 0 Å². The van der Waals surface area contributed by atoms with Crippen LogP contribution in [0.3, 0.4) is 0 Å². The fourth-order valence-electron chi connectivity index (χ4n) is 1.24. The Labute approximate surface area is 112 Å². The first-order chi connectivity index (χ1) is 7.50. The summed E-state index contributed by atoms with van der Waals surface area (Å²) in [5.41, 5.74) is 1.11. The van der Waals surface area contributed by atoms with Crippen molar-refractivity contribution in [2.75, 3.05) is 6.54 Å². The van der Waals surface area contributed by atoms with Gasteiger partial charge in [-0.1, -0.05) is 43.1 Å². The Balaban J connectivity index is 2.40. The van der Waals surface area contributed by atoms with Gasteiger partial charge in [-0.05, 0) is 23.6 Å². The van der Waals surface area contributed by atoms with E-state index in [2.05, 4.69) is 19.2 Å². The third-order valence-electron chi connectivity index (χ3n) is 2.38. The number of alkyl halides is 1. The van der Waals surface area contributed by atoms with Gasteiger partial charge in [0.25, 0.3) is 0 Å². The third kappa shape index (κ3) is 4.50. The van der Waals surface area contributed by atoms with Crippen molar-refractivity contribution in [1.29, 1.82) is 0 Å². The van der Waals surface area contributed by atoms with Crippen molar-refractivity contribution in [2.45, 2.75) is 25.8 Å². The quantitative estimate of drug-likeness (QED) is 0.791. The number of hydrogen-bond donors (Lipinski definition) is 1. The predicted molar refractivity (Wildman–Crippen MR) is 72.6 cm³/mol. The van der Waals surface area contributed by atoms with Gasteiger partial charge in [0.1, 0.15) is 0 Å². The lowest BCUT2D eigenvalue weighted by molar-refractivity contribution is 0.546. The molecular weight excluding hydrogens is 264 g/mol. The van der Waals surface area contributed by atoms with E-state index in [0.717, 1.165) is 18.7 Å². The summed E-state index contributed by atoms with van der Waals surface area (Å²) in [6, 6.07) is 5.64. The van der Waals surface area contributed by atoms with Crippen LogP contribution in [-0.2, 0) is 6.54 Å². The Bertz CT molecular complexity index is 339. The number of benzene rings is 1. The van der Waals surface area contributed by atoms with Gasteiger partial charge in [0.15, 0.2) is 0 Å². The van der Waals surface area contributed by atoms with Crippen molar-refractivity contribution in [3.63, 3.8) is 0 Å². The third-order valence-corrected chi connectivity index (χ3v) is 3.77. The van der Waals surface area contributed by atoms with Gasteiger partial charge >= 0.3 is 0 Å². The summed E-state index contributed by atoms with van der Waals surface area (Å²) >= 11 is 17.9. The monoisotopic (exact) mass is 279 g/mol. The van der Waals surface area contributed by atoms with E-state index in [0.29, 0.717) is 16.0 Å². The number of halogens is 3. The molecule has 0 saturated heterocycles. The first-order valence-corrected chi connectivity index (χ1v) is 6.48. The van der Waals surface area contributed by atoms with Gasteiger partial charge in [-0.2, -0.15) is 0 Å². The molecule has 0 radical (unpaired) electrons. The summed E-state index contributed by atoms with van der Waals surface area (Å²) in [5.74, 6) is 0.475. The van der Waals surface area contributed by atoms with Crippen LogP contribution in [0.25, 0.3) is 0 Å². The second kappa shape index (κ2) is 6.70. The van der Waals surface area contributed by atoms with Crippen LogP contribution in [0.1, 0.15) is 19.4 Å². The zero-order chi connectivity index (χ0) is 12.1. The molecular formula is C12H16Cl3N. The summed E-state index contributed by atoms with van der Waals surface area (Å²) in [6.07, 6.45) is 0. The molecule has 1 unspecified atom stereocenters. The summed E-state index contributed by atoms with van der Waals surface area (Å²) in [5, 5.41) is 4.63. The van der Waals surface area contributed by atoms with E-state index >= 15 is 0 Å². The zero-order valence-corrected chi connectivity index (χ0v) is 11.7. The molecule has 1 nitrogen and oxygen atoms in total. The highest BCUT2D eigenvalue weighted by atomic mass is 35.5. The summed E-state index contributed by atoms with van der Waals surface area (Å²) in [6.45, 7) is 5.77. The van der Waals surface area contributed by atoms with E-state index in [9.17, 15) is 0 Å². The van der Waals surface area contributed by atoms with E-state index in [1.807, 2.05) is 18.2 Å². The number of rotatable bonds is 5. The summed E-state index contributed by atoms with van der Waals surface area (Å²) in [4.78, 5) is 0. The molecule has 90 valence electrons. The van der Waals surface area contributed by atoms with E-state index < -0.39 is 0 Å². The molecule has 16 heavy (non-hydrogen) atoms. The van der Waals surface area contributed by atoms with E-state index in [1.165, 1.54) is 0 Å². The molecule has 0 saturated carbocycles. The van der Waals surface area contributed by atoms with Crippen LogP contribution in [0.15, 0.2) is 18.2 Å². The fraction of sp³-hybridized carbons (Fsp3) is 0.500. The largest absolute Gasteiger partial charge is 0.311 e. The van der Waals surface area contributed by atoms with Crippen LogP contribution >= 0.6 is 34.8 Å². The van der Waals surface area contributed by atoms with E-state index in [-0.39, 0.29) is 5.38 Å². The Morgan fingerprint density at radius 3 is 2.44 bits per heavy atom. The minimum atomic E-state index is 0.155. The maximum atomic E-state index is 6.13. The van der Waals surface area contributed by atoms with Crippen LogP contribution in [0.2, 0.25) is 10.0 Å². The fourth-order valence-corrected chi connectivity index (χ4v) is 1.67. The zero-order valence-electron chi connectivity index (χ0n) is 9.43. The van der Waals surface area contributed by atoms with Crippen molar-refractivity contribution in [3.8, 4) is 0 Å². The van der Waals surface area contributed by atoms with Gasteiger partial charge in [0, 0.05) is 18.5 Å². The van der Waals surface area contributed by atoms with Crippen LogP contribution < -0.4 is 5.32 Å². The highest BCUT2D eigenvalue weighted by molar-refractivity contribution is 6.42. The van der Waals surface area contributed by atoms with Gasteiger partial charge in [-0.25, -0.2) is 0 Å². The molecule has 0 heterocycles. The average molecular weight is 281 g/mol. The Kier molecular flexibility index (Phi) is 5.91. The van der Waals surface area contributed by atoms with Crippen molar-refractivity contribution in [1.82, 2.24) is 5.32 Å². The molecule has 0 aromatic heterocycles. The Hall–Kier alpha value is 0.0500. The molecule has 1 aromatic carbocycles. The van der Waals surface area contributed by atoms with Crippen LogP contribution in [0.4, 0.5) is 0 Å². The molecule has 1 atom stereocenters. The smallest absolute Gasteiger partial charge is 0.0595 e. The molecule has 0 aliphatic heterocycles. The lowest BCUT2D eigenvalue weighted by Gasteiger charge is -2.14. The normalized spacial score (nSPS) is 13.1. The average Bonchev–Trinajstić information content (AvgIpc) is 2.23. The molecule has 0 spiro atoms. The van der Waals surface area contributed by atoms with Crippen LogP contribution in [-0.4, -0.2) is 11.9 Å². The molecule has 0 fully saturated rings. The molecule has 1 aromatic rings. The van der Waals surface area contributed by atoms with Gasteiger partial charge in [-0.15, -0.1) is 11.6 Å². The molecule has 4 heteroatoms. The maximum absolute atomic E-state index is 6.13. The Morgan fingerprint density at radius 2 is 1.88 bits per heavy atom. The van der Waals surface area contributed by atoms with Crippen molar-refractivity contribution >= 4 is 34.8 Å². The minimum absolute atomic E-state index is 0.155. The summed E-state index contributed by atoms with van der Waals surface area (Å²) < 4.78 is 0. The number of nitrogens with one attached hydrogen (secondary N) is 1. The van der Waals surface area contributed by atoms with Crippen molar-refractivity contribution in [3.05, 3.63) is 33.8 Å². The molecule has 0 bridgehead atoms. The minimum Gasteiger partial charge on any atom is -0.311 e. The highest BCUT2D eigenvalue weighted by Crippen LogP contribution is 2.22. The van der Waals surface area contributed by atoms with Gasteiger partial charge in [-0.3, -0.25) is 0 Å². The lowest BCUT2D eigenvalue weighted by Crippen LogP contribution is -2.26. The molecule has 0 amide bonds. The van der Waals surface area contributed by atoms with Gasteiger partial charge < -0.3 is 5.32 Å². The molecule has 0 aliphatic rings. The summed E-state index contributed by atoms with van der Waals surface area (Å²) in [7, 11) is 0. The standard InChI is InChI=1S/C12H16Cl3N/c1-8(2)12(15)7-16-6-9-3-4-10(13)11(14)5-9/h3-5,8,12,16H,6-7H2,1-2H3. The van der Waals surface area contributed by atoms with Gasteiger partial charge in [0.2, 0.25) is 0 Å². The van der Waals surface area contributed by atoms with E-state index in [4.69, 9.17) is 34.8 Å². The Morgan fingerprint density at radius 1 is 1.19 bits per heavy atom. The first kappa shape index (κ1) is 14.1. The molecule has 0 aliphatic carbocycles. The van der Waals surface area contributed by atoms with Crippen LogP contribution in [0, 0.1) is 5.92 Å². The lowest BCUT2D eigenvalue weighted by atomic mass is 10.1. The molecule has 1 rings (SSSR count). The van der Waals surface area contributed by atoms with E-state index in [1.54, 1.807) is 0 Å². The van der Waals surface area contributed by atoms with Crippen molar-refractivity contribution in [2.24, 2.45) is 5.92 Å². The highest BCUT2D eigenvalue weighted by Gasteiger charge is 2.08. The second-order valence-corrected chi connectivity index (χ2v) is 5.51. The second-order valence-electron chi connectivity index (χ2n) is 4.14. The van der Waals surface area contributed by atoms with Crippen molar-refractivity contribution < 1.29 is 0 Å². The topological polar surface area (TPSA) is 12.0 Å². The first-order valence-electron chi connectivity index (χ1n) is 5.29. The SMILES string of the molecule is CC(C)C(Cl)CNCc1ccc(Cl)c(Cl)c1. The molecule has 1 N–H and O–H groups in total. The predicted octanol–water partition coefficient (Wildman–Crippen LogP) is 4.35. The maximum Gasteiger partial charge on any atom is 0.0595 e. The van der Waals surface area contributed by atoms with Gasteiger partial charge in [0.05, 0.1) is 10.0 Å².